The quantitative estimate of drug-likeness (QED) is 0.448. The van der Waals surface area contributed by atoms with Gasteiger partial charge >= 0.3 is 0 Å². The molecule has 4 rings (SSSR count). The predicted molar refractivity (Wildman–Crippen MR) is 136 cm³/mol. The molecule has 0 radical (unpaired) electrons. The minimum atomic E-state index is -0.353. The molecule has 0 saturated carbocycles. The predicted octanol–water partition coefficient (Wildman–Crippen LogP) is 3.42. The molecule has 2 N–H and O–H groups in total. The molecule has 3 aromatic rings. The fourth-order valence-corrected chi connectivity index (χ4v) is 3.83. The molecule has 0 fully saturated rings. The summed E-state index contributed by atoms with van der Waals surface area (Å²) in [6, 6.07) is 21.6. The first-order valence-corrected chi connectivity index (χ1v) is 11.5. The third-order valence-electron chi connectivity index (χ3n) is 5.47. The molecule has 1 atom stereocenters. The zero-order chi connectivity index (χ0) is 25.3. The molecule has 0 spiro atoms. The van der Waals surface area contributed by atoms with Crippen molar-refractivity contribution < 1.29 is 28.5 Å². The Morgan fingerprint density at radius 3 is 1.94 bits per heavy atom. The second-order valence-corrected chi connectivity index (χ2v) is 8.23. The Balaban J connectivity index is 1.43. The van der Waals surface area contributed by atoms with Crippen molar-refractivity contribution in [3.05, 3.63) is 72.8 Å². The number of amides is 2. The summed E-state index contributed by atoms with van der Waals surface area (Å²) in [6.07, 6.45) is -0.353. The average Bonchev–Trinajstić information content (AvgIpc) is 2.88. The van der Waals surface area contributed by atoms with Crippen LogP contribution in [-0.4, -0.2) is 63.3 Å². The van der Waals surface area contributed by atoms with Gasteiger partial charge in [-0.2, -0.15) is 0 Å². The van der Waals surface area contributed by atoms with Crippen LogP contribution in [0.25, 0.3) is 0 Å². The van der Waals surface area contributed by atoms with Gasteiger partial charge in [0.2, 0.25) is 11.8 Å². The van der Waals surface area contributed by atoms with Gasteiger partial charge in [-0.05, 0) is 36.4 Å². The van der Waals surface area contributed by atoms with Gasteiger partial charge in [0.15, 0.2) is 11.5 Å². The molecular weight excluding hydrogens is 462 g/mol. The van der Waals surface area contributed by atoms with E-state index in [0.29, 0.717) is 47.5 Å². The first kappa shape index (κ1) is 24.9. The third-order valence-corrected chi connectivity index (χ3v) is 5.47. The number of methoxy groups -OCH3 is 2. The zero-order valence-electron chi connectivity index (χ0n) is 20.2. The number of benzene rings is 3. The number of carbonyl (C=O) groups is 2. The third kappa shape index (κ3) is 6.89. The highest BCUT2D eigenvalue weighted by atomic mass is 16.6. The van der Waals surface area contributed by atoms with Crippen LogP contribution in [0.15, 0.2) is 72.8 Å². The number of fused-ring (bicyclic) bond motifs is 1. The Morgan fingerprint density at radius 1 is 0.833 bits per heavy atom. The minimum Gasteiger partial charge on any atom is -0.497 e. The lowest BCUT2D eigenvalue weighted by atomic mass is 10.2. The van der Waals surface area contributed by atoms with Crippen LogP contribution < -0.4 is 29.6 Å². The van der Waals surface area contributed by atoms with E-state index in [1.54, 1.807) is 67.7 Å². The summed E-state index contributed by atoms with van der Waals surface area (Å²) < 4.78 is 22.3. The van der Waals surface area contributed by atoms with Crippen LogP contribution in [0.2, 0.25) is 0 Å². The van der Waals surface area contributed by atoms with Crippen LogP contribution in [0.5, 0.6) is 23.0 Å². The summed E-state index contributed by atoms with van der Waals surface area (Å²) in [5.41, 5.74) is 1.21. The highest BCUT2D eigenvalue weighted by Crippen LogP contribution is 2.31. The van der Waals surface area contributed by atoms with Gasteiger partial charge in [-0.1, -0.05) is 24.3 Å². The van der Waals surface area contributed by atoms with Crippen LogP contribution in [0.4, 0.5) is 11.4 Å². The number of nitrogens with one attached hydrogen (secondary N) is 2. The molecule has 2 amide bonds. The van der Waals surface area contributed by atoms with Gasteiger partial charge in [-0.25, -0.2) is 0 Å². The molecule has 36 heavy (non-hydrogen) atoms. The summed E-state index contributed by atoms with van der Waals surface area (Å²) in [5.74, 6) is 2.04. The van der Waals surface area contributed by atoms with Gasteiger partial charge in [-0.3, -0.25) is 14.5 Å². The second kappa shape index (κ2) is 11.9. The molecule has 0 saturated heterocycles. The summed E-state index contributed by atoms with van der Waals surface area (Å²) in [5, 5.41) is 5.71. The molecule has 1 heterocycles. The van der Waals surface area contributed by atoms with Crippen LogP contribution >= 0.6 is 0 Å². The van der Waals surface area contributed by atoms with Crippen molar-refractivity contribution in [3.63, 3.8) is 0 Å². The fraction of sp³-hybridized carbons (Fsp3) is 0.259. The van der Waals surface area contributed by atoms with E-state index in [2.05, 4.69) is 10.6 Å². The number of anilines is 2. The molecule has 1 aliphatic heterocycles. The van der Waals surface area contributed by atoms with Crippen molar-refractivity contribution in [2.75, 3.05) is 51.1 Å². The second-order valence-electron chi connectivity index (χ2n) is 8.23. The highest BCUT2D eigenvalue weighted by molar-refractivity contribution is 5.94. The topological polar surface area (TPSA) is 98.4 Å². The van der Waals surface area contributed by atoms with Crippen molar-refractivity contribution in [3.8, 4) is 23.0 Å². The van der Waals surface area contributed by atoms with E-state index >= 15 is 0 Å². The smallest absolute Gasteiger partial charge is 0.238 e. The normalized spacial score (nSPS) is 14.1. The van der Waals surface area contributed by atoms with Gasteiger partial charge in [0.1, 0.15) is 24.2 Å². The molecule has 3 aromatic carbocycles. The van der Waals surface area contributed by atoms with Crippen molar-refractivity contribution in [2.24, 2.45) is 0 Å². The number of ether oxygens (including phenoxy) is 4. The molecular formula is C27H29N3O6. The van der Waals surface area contributed by atoms with Gasteiger partial charge in [0.25, 0.3) is 0 Å². The van der Waals surface area contributed by atoms with Crippen molar-refractivity contribution in [1.82, 2.24) is 4.90 Å². The minimum absolute atomic E-state index is 0.0236. The van der Waals surface area contributed by atoms with Crippen molar-refractivity contribution in [2.45, 2.75) is 6.10 Å². The maximum Gasteiger partial charge on any atom is 0.238 e. The first-order valence-electron chi connectivity index (χ1n) is 11.5. The Kier molecular flexibility index (Phi) is 8.25. The van der Waals surface area contributed by atoms with E-state index in [-0.39, 0.29) is 31.0 Å². The molecule has 188 valence electrons. The Morgan fingerprint density at radius 2 is 1.39 bits per heavy atom. The average molecular weight is 492 g/mol. The maximum absolute atomic E-state index is 12.9. The summed E-state index contributed by atoms with van der Waals surface area (Å²) in [7, 11) is 3.13. The lowest BCUT2D eigenvalue weighted by molar-refractivity contribution is -0.120. The molecule has 0 unspecified atom stereocenters. The lowest BCUT2D eigenvalue weighted by Gasteiger charge is -2.30. The van der Waals surface area contributed by atoms with Gasteiger partial charge in [-0.15, -0.1) is 0 Å². The summed E-state index contributed by atoms with van der Waals surface area (Å²) >= 11 is 0. The Labute approximate surface area is 209 Å². The van der Waals surface area contributed by atoms with Gasteiger partial charge < -0.3 is 29.6 Å². The van der Waals surface area contributed by atoms with E-state index < -0.39 is 0 Å². The molecule has 9 heteroatoms. The monoisotopic (exact) mass is 491 g/mol. The number of nitrogens with zero attached hydrogens (tertiary/aromatic N) is 1. The SMILES string of the molecule is COc1cccc(NC(=O)CN(CC(=O)Nc2cccc(OC)c2)C[C@H]2COc3ccccc3O2)c1. The lowest BCUT2D eigenvalue weighted by Crippen LogP contribution is -2.46. The highest BCUT2D eigenvalue weighted by Gasteiger charge is 2.25. The number of para-hydroxylation sites is 2. The number of hydrogen-bond acceptors (Lipinski definition) is 7. The Bertz CT molecular complexity index is 1140. The van der Waals surface area contributed by atoms with Crippen LogP contribution in [0.3, 0.4) is 0 Å². The maximum atomic E-state index is 12.9. The van der Waals surface area contributed by atoms with E-state index in [1.807, 2.05) is 24.3 Å². The summed E-state index contributed by atoms with van der Waals surface area (Å²) in [4.78, 5) is 27.5. The van der Waals surface area contributed by atoms with Crippen LogP contribution in [0, 0.1) is 0 Å². The first-order chi connectivity index (χ1) is 17.5. The molecule has 1 aliphatic rings. The number of carbonyl (C=O) groups excluding carboxylic acids is 2. The van der Waals surface area contributed by atoms with Crippen LogP contribution in [0.1, 0.15) is 0 Å². The summed E-state index contributed by atoms with van der Waals surface area (Å²) in [6.45, 7) is 0.572. The van der Waals surface area contributed by atoms with E-state index in [4.69, 9.17) is 18.9 Å². The number of rotatable bonds is 10. The molecule has 9 nitrogen and oxygen atoms in total. The zero-order valence-corrected chi connectivity index (χ0v) is 20.2. The van der Waals surface area contributed by atoms with Crippen molar-refractivity contribution >= 4 is 23.2 Å². The molecule has 0 aromatic heterocycles. The number of hydrogen-bond donors (Lipinski definition) is 2. The van der Waals surface area contributed by atoms with Gasteiger partial charge in [0, 0.05) is 30.1 Å². The van der Waals surface area contributed by atoms with E-state index in [1.165, 1.54) is 0 Å². The van der Waals surface area contributed by atoms with Crippen molar-refractivity contribution in [1.29, 1.82) is 0 Å². The van der Waals surface area contributed by atoms with E-state index in [9.17, 15) is 9.59 Å². The van der Waals surface area contributed by atoms with Crippen LogP contribution in [-0.2, 0) is 9.59 Å². The fourth-order valence-electron chi connectivity index (χ4n) is 3.83. The van der Waals surface area contributed by atoms with E-state index in [0.717, 1.165) is 0 Å². The Hall–Kier alpha value is -4.24. The molecule has 0 bridgehead atoms. The standard InChI is InChI=1S/C27H29N3O6/c1-33-21-9-5-7-19(13-21)28-26(31)16-30(15-23-18-35-24-11-3-4-12-25(24)36-23)17-27(32)29-20-8-6-10-22(14-20)34-2/h3-14,23H,15-18H2,1-2H3,(H,28,31)(H,29,32)/t23-/m0/s1. The van der Waals surface area contributed by atoms with Gasteiger partial charge in [0.05, 0.1) is 27.3 Å². The largest absolute Gasteiger partial charge is 0.497 e. The molecule has 0 aliphatic carbocycles.